The summed E-state index contributed by atoms with van der Waals surface area (Å²) in [5.41, 5.74) is 0.170. The van der Waals surface area contributed by atoms with E-state index in [1.807, 2.05) is 0 Å². The molecule has 3 aromatic rings. The van der Waals surface area contributed by atoms with Gasteiger partial charge in [0.25, 0.3) is 0 Å². The first-order valence-corrected chi connectivity index (χ1v) is 10.1. The maximum atomic E-state index is 13.3. The number of thioether (sulfide) groups is 1. The number of ether oxygens (including phenoxy) is 1. The van der Waals surface area contributed by atoms with Crippen LogP contribution in [0.2, 0.25) is 5.02 Å². The second-order valence-electron chi connectivity index (χ2n) is 6.01. The van der Waals surface area contributed by atoms with Crippen LogP contribution in [-0.2, 0) is 17.9 Å². The highest BCUT2D eigenvalue weighted by Crippen LogP contribution is 2.21. The molecule has 156 valence electrons. The van der Waals surface area contributed by atoms with E-state index < -0.39 is 17.5 Å². The largest absolute Gasteiger partial charge is 0.486 e. The lowest BCUT2D eigenvalue weighted by atomic mass is 10.3. The molecule has 1 N–H and O–H groups in total. The number of benzene rings is 2. The molecule has 0 spiro atoms. The van der Waals surface area contributed by atoms with Crippen molar-refractivity contribution < 1.29 is 18.3 Å². The van der Waals surface area contributed by atoms with Crippen LogP contribution in [0.25, 0.3) is 0 Å². The maximum absolute atomic E-state index is 13.3. The SMILES string of the molecule is C=CCn1c(COc2ccc(Cl)cc2)nnc1SCC(=O)Nc1ccc(F)c(F)c1. The molecule has 0 aliphatic rings. The Morgan fingerprint density at radius 2 is 1.97 bits per heavy atom. The Bertz CT molecular complexity index is 1040. The summed E-state index contributed by atoms with van der Waals surface area (Å²) in [4.78, 5) is 12.1. The van der Waals surface area contributed by atoms with Crippen LogP contribution in [0.15, 0.2) is 60.3 Å². The summed E-state index contributed by atoms with van der Waals surface area (Å²) in [5, 5.41) is 11.8. The Balaban J connectivity index is 1.60. The van der Waals surface area contributed by atoms with Crippen LogP contribution in [-0.4, -0.2) is 26.4 Å². The van der Waals surface area contributed by atoms with Gasteiger partial charge in [-0.1, -0.05) is 29.4 Å². The third kappa shape index (κ3) is 5.80. The molecule has 0 bridgehead atoms. The molecule has 10 heteroatoms. The van der Waals surface area contributed by atoms with Crippen LogP contribution >= 0.6 is 23.4 Å². The number of carbonyl (C=O) groups is 1. The van der Waals surface area contributed by atoms with Gasteiger partial charge in [-0.05, 0) is 36.4 Å². The van der Waals surface area contributed by atoms with Crippen LogP contribution in [0.3, 0.4) is 0 Å². The fourth-order valence-electron chi connectivity index (χ4n) is 2.42. The zero-order valence-corrected chi connectivity index (χ0v) is 17.2. The summed E-state index contributed by atoms with van der Waals surface area (Å²) in [6.07, 6.45) is 1.68. The van der Waals surface area contributed by atoms with Gasteiger partial charge in [0, 0.05) is 23.3 Å². The zero-order chi connectivity index (χ0) is 21.5. The third-order valence-electron chi connectivity index (χ3n) is 3.82. The van der Waals surface area contributed by atoms with E-state index in [0.29, 0.717) is 28.3 Å². The molecule has 0 saturated carbocycles. The smallest absolute Gasteiger partial charge is 0.234 e. The number of aromatic nitrogens is 3. The standard InChI is InChI=1S/C20H17ClF2N4O2S/c1-2-9-27-18(11-29-15-6-3-13(21)4-7-15)25-26-20(27)30-12-19(28)24-14-5-8-16(22)17(23)10-14/h2-8,10H,1,9,11-12H2,(H,24,28). The molecule has 0 unspecified atom stereocenters. The number of amides is 1. The van der Waals surface area contributed by atoms with E-state index in [1.165, 1.54) is 6.07 Å². The predicted octanol–water partition coefficient (Wildman–Crippen LogP) is 4.71. The van der Waals surface area contributed by atoms with Gasteiger partial charge in [0.2, 0.25) is 5.91 Å². The zero-order valence-electron chi connectivity index (χ0n) is 15.6. The molecule has 2 aromatic carbocycles. The number of nitrogens with zero attached hydrogens (tertiary/aromatic N) is 3. The average Bonchev–Trinajstić information content (AvgIpc) is 3.11. The molecule has 0 fully saturated rings. The van der Waals surface area contributed by atoms with Crippen LogP contribution in [0.1, 0.15) is 5.82 Å². The van der Waals surface area contributed by atoms with Crippen LogP contribution in [0.4, 0.5) is 14.5 Å². The minimum Gasteiger partial charge on any atom is -0.486 e. The Hall–Kier alpha value is -2.91. The molecule has 3 rings (SSSR count). The van der Waals surface area contributed by atoms with E-state index in [-0.39, 0.29) is 18.0 Å². The topological polar surface area (TPSA) is 69.0 Å². The molecule has 1 amide bonds. The van der Waals surface area contributed by atoms with Gasteiger partial charge in [0.15, 0.2) is 22.6 Å². The van der Waals surface area contributed by atoms with Gasteiger partial charge < -0.3 is 10.1 Å². The van der Waals surface area contributed by atoms with Crippen LogP contribution < -0.4 is 10.1 Å². The molecule has 6 nitrogen and oxygen atoms in total. The number of halogens is 3. The Labute approximate surface area is 180 Å². The van der Waals surface area contributed by atoms with Crippen molar-refractivity contribution in [1.82, 2.24) is 14.8 Å². The Kier molecular flexibility index (Phi) is 7.42. The first-order valence-electron chi connectivity index (χ1n) is 8.75. The first-order chi connectivity index (χ1) is 14.5. The van der Waals surface area contributed by atoms with Gasteiger partial charge in [-0.3, -0.25) is 9.36 Å². The van der Waals surface area contributed by atoms with E-state index in [9.17, 15) is 13.6 Å². The lowest BCUT2D eigenvalue weighted by molar-refractivity contribution is -0.113. The van der Waals surface area contributed by atoms with E-state index in [1.54, 1.807) is 34.9 Å². The van der Waals surface area contributed by atoms with Crippen molar-refractivity contribution in [3.05, 3.63) is 77.6 Å². The highest BCUT2D eigenvalue weighted by atomic mass is 35.5. The normalized spacial score (nSPS) is 10.6. The molecule has 0 aliphatic heterocycles. The fraction of sp³-hybridized carbons (Fsp3) is 0.150. The first kappa shape index (κ1) is 21.8. The average molecular weight is 451 g/mol. The van der Waals surface area contributed by atoms with Crippen molar-refractivity contribution in [2.75, 3.05) is 11.1 Å². The molecule has 1 aromatic heterocycles. The van der Waals surface area contributed by atoms with Crippen LogP contribution in [0, 0.1) is 11.6 Å². The summed E-state index contributed by atoms with van der Waals surface area (Å²) in [6.45, 7) is 4.33. The number of anilines is 1. The van der Waals surface area contributed by atoms with E-state index in [2.05, 4.69) is 22.1 Å². The van der Waals surface area contributed by atoms with Crippen molar-refractivity contribution in [2.45, 2.75) is 18.3 Å². The third-order valence-corrected chi connectivity index (χ3v) is 5.04. The molecule has 0 saturated heterocycles. The Morgan fingerprint density at radius 3 is 2.67 bits per heavy atom. The number of nitrogens with one attached hydrogen (secondary N) is 1. The van der Waals surface area contributed by atoms with Gasteiger partial charge in [0.05, 0.1) is 5.75 Å². The molecule has 30 heavy (non-hydrogen) atoms. The molecular formula is C20H17ClF2N4O2S. The number of carbonyl (C=O) groups excluding carboxylic acids is 1. The van der Waals surface area contributed by atoms with Gasteiger partial charge >= 0.3 is 0 Å². The Morgan fingerprint density at radius 1 is 1.20 bits per heavy atom. The number of hydrogen-bond donors (Lipinski definition) is 1. The summed E-state index contributed by atoms with van der Waals surface area (Å²) in [5.74, 6) is -1.20. The summed E-state index contributed by atoms with van der Waals surface area (Å²) in [7, 11) is 0. The van der Waals surface area contributed by atoms with E-state index >= 15 is 0 Å². The summed E-state index contributed by atoms with van der Waals surface area (Å²) < 4.78 is 33.7. The highest BCUT2D eigenvalue weighted by molar-refractivity contribution is 7.99. The minimum atomic E-state index is -1.03. The van der Waals surface area contributed by atoms with Crippen molar-refractivity contribution in [3.63, 3.8) is 0 Å². The van der Waals surface area contributed by atoms with Gasteiger partial charge in [-0.15, -0.1) is 16.8 Å². The second kappa shape index (κ2) is 10.2. The van der Waals surface area contributed by atoms with Gasteiger partial charge in [0.1, 0.15) is 12.4 Å². The lowest BCUT2D eigenvalue weighted by Gasteiger charge is -2.09. The number of hydrogen-bond acceptors (Lipinski definition) is 5. The predicted molar refractivity (Wildman–Crippen MR) is 112 cm³/mol. The molecule has 1 heterocycles. The van der Waals surface area contributed by atoms with E-state index in [4.69, 9.17) is 16.3 Å². The summed E-state index contributed by atoms with van der Waals surface area (Å²) >= 11 is 7.02. The van der Waals surface area contributed by atoms with Crippen molar-refractivity contribution in [3.8, 4) is 5.75 Å². The van der Waals surface area contributed by atoms with E-state index in [0.717, 1.165) is 23.9 Å². The van der Waals surface area contributed by atoms with Crippen molar-refractivity contribution >= 4 is 35.0 Å². The number of allylic oxidation sites excluding steroid dienone is 1. The summed E-state index contributed by atoms with van der Waals surface area (Å²) in [6, 6.07) is 10.1. The van der Waals surface area contributed by atoms with Gasteiger partial charge in [-0.25, -0.2) is 8.78 Å². The second-order valence-corrected chi connectivity index (χ2v) is 7.39. The minimum absolute atomic E-state index is 0.00626. The lowest BCUT2D eigenvalue weighted by Crippen LogP contribution is -2.15. The fourth-order valence-corrected chi connectivity index (χ4v) is 3.32. The monoisotopic (exact) mass is 450 g/mol. The highest BCUT2D eigenvalue weighted by Gasteiger charge is 2.14. The van der Waals surface area contributed by atoms with Crippen molar-refractivity contribution in [2.24, 2.45) is 0 Å². The van der Waals surface area contributed by atoms with Crippen LogP contribution in [0.5, 0.6) is 5.75 Å². The van der Waals surface area contributed by atoms with Crippen molar-refractivity contribution in [1.29, 1.82) is 0 Å². The molecule has 0 radical (unpaired) electrons. The molecule has 0 atom stereocenters. The molecular weight excluding hydrogens is 434 g/mol. The number of rotatable bonds is 9. The van der Waals surface area contributed by atoms with Gasteiger partial charge in [-0.2, -0.15) is 0 Å². The molecule has 0 aliphatic carbocycles. The quantitative estimate of drug-likeness (QED) is 0.378. The maximum Gasteiger partial charge on any atom is 0.234 e.